The van der Waals surface area contributed by atoms with Crippen LogP contribution in [-0.2, 0) is 19.6 Å². The number of carbonyl (C=O) groups is 1. The molecule has 0 unspecified atom stereocenters. The van der Waals surface area contributed by atoms with Crippen LogP contribution < -0.4 is 4.74 Å². The first-order valence-electron chi connectivity index (χ1n) is 11.7. The highest BCUT2D eigenvalue weighted by molar-refractivity contribution is 7.89. The Hall–Kier alpha value is -2.17. The summed E-state index contributed by atoms with van der Waals surface area (Å²) in [5.41, 5.74) is -0.454. The number of benzene rings is 2. The Morgan fingerprint density at radius 1 is 1.09 bits per heavy atom. The summed E-state index contributed by atoms with van der Waals surface area (Å²) in [4.78, 5) is 17.6. The molecule has 0 aromatic heterocycles. The van der Waals surface area contributed by atoms with Crippen molar-refractivity contribution in [3.63, 3.8) is 0 Å². The van der Waals surface area contributed by atoms with Gasteiger partial charge in [0, 0.05) is 44.3 Å². The van der Waals surface area contributed by atoms with Crippen molar-refractivity contribution in [2.24, 2.45) is 0 Å². The van der Waals surface area contributed by atoms with Crippen LogP contribution in [0.15, 0.2) is 53.4 Å². The summed E-state index contributed by atoms with van der Waals surface area (Å²) >= 11 is 6.10. The molecule has 2 saturated heterocycles. The number of aryl methyl sites for hydroxylation is 1. The Bertz CT molecular complexity index is 1150. The molecule has 2 aromatic rings. The summed E-state index contributed by atoms with van der Waals surface area (Å²) in [6, 6.07) is 13.9. The van der Waals surface area contributed by atoms with Gasteiger partial charge in [0.1, 0.15) is 18.0 Å². The first kappa shape index (κ1) is 25.9. The van der Waals surface area contributed by atoms with Gasteiger partial charge in [-0.15, -0.1) is 0 Å². The van der Waals surface area contributed by atoms with Crippen molar-refractivity contribution >= 4 is 27.5 Å². The fourth-order valence-electron chi connectivity index (χ4n) is 4.46. The van der Waals surface area contributed by atoms with E-state index in [1.54, 1.807) is 49.4 Å². The van der Waals surface area contributed by atoms with Gasteiger partial charge in [-0.2, -0.15) is 4.31 Å². The van der Waals surface area contributed by atoms with Gasteiger partial charge in [-0.25, -0.2) is 8.42 Å². The van der Waals surface area contributed by atoms with Gasteiger partial charge in [0.25, 0.3) is 0 Å². The third-order valence-corrected chi connectivity index (χ3v) is 8.79. The second-order valence-corrected chi connectivity index (χ2v) is 11.6. The number of sulfonamides is 1. The molecule has 2 fully saturated rings. The van der Waals surface area contributed by atoms with E-state index in [9.17, 15) is 13.2 Å². The van der Waals surface area contributed by atoms with E-state index in [0.29, 0.717) is 29.4 Å². The molecule has 0 radical (unpaired) electrons. The van der Waals surface area contributed by atoms with Gasteiger partial charge >= 0.3 is 0 Å². The zero-order valence-corrected chi connectivity index (χ0v) is 21.7. The minimum atomic E-state index is -3.78. The van der Waals surface area contributed by atoms with Crippen molar-refractivity contribution in [1.29, 1.82) is 0 Å². The van der Waals surface area contributed by atoms with Crippen LogP contribution in [0, 0.1) is 6.92 Å². The molecule has 0 saturated carbocycles. The molecule has 35 heavy (non-hydrogen) atoms. The Morgan fingerprint density at radius 2 is 1.83 bits per heavy atom. The third kappa shape index (κ3) is 6.16. The van der Waals surface area contributed by atoms with Crippen molar-refractivity contribution in [2.45, 2.75) is 23.8 Å². The molecule has 2 heterocycles. The second kappa shape index (κ2) is 10.8. The first-order chi connectivity index (χ1) is 16.7. The molecule has 1 amide bonds. The van der Waals surface area contributed by atoms with Crippen LogP contribution in [0.4, 0.5) is 0 Å². The van der Waals surface area contributed by atoms with E-state index in [-0.39, 0.29) is 43.5 Å². The number of amides is 1. The molecular formula is C25H32ClN3O5S. The molecule has 1 atom stereocenters. The van der Waals surface area contributed by atoms with Crippen molar-refractivity contribution < 1.29 is 22.7 Å². The van der Waals surface area contributed by atoms with Gasteiger partial charge in [0.05, 0.1) is 17.9 Å². The molecular weight excluding hydrogens is 490 g/mol. The van der Waals surface area contributed by atoms with E-state index >= 15 is 0 Å². The smallest absolute Gasteiger partial charge is 0.243 e. The van der Waals surface area contributed by atoms with Crippen molar-refractivity contribution in [2.75, 3.05) is 59.5 Å². The summed E-state index contributed by atoms with van der Waals surface area (Å²) < 4.78 is 40.7. The third-order valence-electron chi connectivity index (χ3n) is 6.55. The van der Waals surface area contributed by atoms with Crippen molar-refractivity contribution in [3.05, 3.63) is 59.1 Å². The number of hydrogen-bond donors (Lipinski definition) is 0. The summed E-state index contributed by atoms with van der Waals surface area (Å²) in [5, 5.41) is 0.526. The number of likely N-dealkylation sites (N-methyl/N-ethyl adjacent to an activating group) is 1. The summed E-state index contributed by atoms with van der Waals surface area (Å²) in [7, 11) is -1.75. The van der Waals surface area contributed by atoms with Crippen LogP contribution in [0.25, 0.3) is 0 Å². The van der Waals surface area contributed by atoms with E-state index in [0.717, 1.165) is 13.1 Å². The van der Waals surface area contributed by atoms with Gasteiger partial charge < -0.3 is 19.3 Å². The van der Waals surface area contributed by atoms with E-state index in [4.69, 9.17) is 21.1 Å². The molecule has 2 aliphatic heterocycles. The van der Waals surface area contributed by atoms with Crippen LogP contribution in [-0.4, -0.2) is 93.6 Å². The lowest BCUT2D eigenvalue weighted by molar-refractivity contribution is -0.151. The van der Waals surface area contributed by atoms with Gasteiger partial charge in [-0.3, -0.25) is 4.79 Å². The molecule has 190 valence electrons. The number of nitrogens with zero attached hydrogens (tertiary/aromatic N) is 3. The number of morpholine rings is 1. The topological polar surface area (TPSA) is 79.4 Å². The predicted octanol–water partition coefficient (Wildman–Crippen LogP) is 2.65. The Kier molecular flexibility index (Phi) is 8.02. The first-order valence-corrected chi connectivity index (χ1v) is 13.5. The van der Waals surface area contributed by atoms with E-state index < -0.39 is 15.6 Å². The summed E-state index contributed by atoms with van der Waals surface area (Å²) in [5.74, 6) is 0.467. The van der Waals surface area contributed by atoms with Crippen molar-refractivity contribution in [1.82, 2.24) is 14.1 Å². The van der Waals surface area contributed by atoms with Crippen LogP contribution in [0.5, 0.6) is 5.75 Å². The number of ether oxygens (including phenoxy) is 2. The molecule has 0 bridgehead atoms. The average molecular weight is 522 g/mol. The zero-order chi connectivity index (χ0) is 25.1. The lowest BCUT2D eigenvalue weighted by atomic mass is 9.97. The van der Waals surface area contributed by atoms with Crippen LogP contribution in [0.1, 0.15) is 12.0 Å². The predicted molar refractivity (Wildman–Crippen MR) is 134 cm³/mol. The quantitative estimate of drug-likeness (QED) is 0.557. The van der Waals surface area contributed by atoms with Gasteiger partial charge in [0.2, 0.25) is 15.9 Å². The van der Waals surface area contributed by atoms with Gasteiger partial charge in [-0.1, -0.05) is 35.9 Å². The fraction of sp³-hybridized carbons (Fsp3) is 0.480. The lowest BCUT2D eigenvalue weighted by Crippen LogP contribution is -2.59. The number of halogens is 1. The maximum Gasteiger partial charge on any atom is 0.243 e. The minimum absolute atomic E-state index is 0.0176. The molecule has 4 rings (SSSR count). The Labute approximate surface area is 212 Å². The molecule has 2 aromatic carbocycles. The molecule has 0 N–H and O–H groups in total. The van der Waals surface area contributed by atoms with Gasteiger partial charge in [0.15, 0.2) is 0 Å². The maximum atomic E-state index is 13.5. The summed E-state index contributed by atoms with van der Waals surface area (Å²) in [6.07, 6.45) is 0.0249. The number of piperazine rings is 1. The van der Waals surface area contributed by atoms with Crippen LogP contribution in [0.2, 0.25) is 5.02 Å². The zero-order valence-electron chi connectivity index (χ0n) is 20.2. The Morgan fingerprint density at radius 3 is 2.54 bits per heavy atom. The second-order valence-electron chi connectivity index (χ2n) is 9.24. The number of hydrogen-bond acceptors (Lipinski definition) is 6. The molecule has 0 spiro atoms. The highest BCUT2D eigenvalue weighted by Gasteiger charge is 2.44. The number of rotatable bonds is 7. The van der Waals surface area contributed by atoms with E-state index in [2.05, 4.69) is 4.90 Å². The monoisotopic (exact) mass is 521 g/mol. The maximum absolute atomic E-state index is 13.5. The highest BCUT2D eigenvalue weighted by Crippen LogP contribution is 2.30. The molecule has 0 aliphatic carbocycles. The SMILES string of the molecule is Cc1ccccc1S(=O)(=O)N1CCO[C@@](COc2cccc(Cl)c2)(CC(=O)N2CCN(C)CC2)C1. The summed E-state index contributed by atoms with van der Waals surface area (Å²) in [6.45, 7) is 5.05. The standard InChI is InChI=1S/C25H32ClN3O5S/c1-20-6-3-4-9-23(20)35(31,32)29-14-15-34-25(18-29,19-33-22-8-5-7-21(26)16-22)17-24(30)28-12-10-27(2)11-13-28/h3-9,16H,10-15,17-19H2,1-2H3/t25-/m0/s1. The number of carbonyl (C=O) groups excluding carboxylic acids is 1. The molecule has 8 nitrogen and oxygen atoms in total. The average Bonchev–Trinajstić information content (AvgIpc) is 2.83. The van der Waals surface area contributed by atoms with Gasteiger partial charge in [-0.05, 0) is 43.8 Å². The van der Waals surface area contributed by atoms with Crippen molar-refractivity contribution in [3.8, 4) is 5.75 Å². The van der Waals surface area contributed by atoms with Crippen LogP contribution >= 0.6 is 11.6 Å². The largest absolute Gasteiger partial charge is 0.490 e. The highest BCUT2D eigenvalue weighted by atomic mass is 35.5. The minimum Gasteiger partial charge on any atom is -0.490 e. The normalized spacial score (nSPS) is 22.2. The fourth-order valence-corrected chi connectivity index (χ4v) is 6.36. The van der Waals surface area contributed by atoms with E-state index in [1.165, 1.54) is 4.31 Å². The van der Waals surface area contributed by atoms with E-state index in [1.807, 2.05) is 18.0 Å². The molecule has 10 heteroatoms. The molecule has 2 aliphatic rings. The Balaban J connectivity index is 1.58. The lowest BCUT2D eigenvalue weighted by Gasteiger charge is -2.43. The van der Waals surface area contributed by atoms with Crippen LogP contribution in [0.3, 0.4) is 0 Å².